The van der Waals surface area contributed by atoms with Gasteiger partial charge in [-0.3, -0.25) is 4.72 Å². The van der Waals surface area contributed by atoms with Crippen molar-refractivity contribution >= 4 is 15.7 Å². The Labute approximate surface area is 120 Å². The van der Waals surface area contributed by atoms with Crippen LogP contribution < -0.4 is 15.2 Å². The van der Waals surface area contributed by atoms with Gasteiger partial charge in [-0.15, -0.1) is 0 Å². The lowest BCUT2D eigenvalue weighted by molar-refractivity contribution is 0.417. The van der Waals surface area contributed by atoms with Gasteiger partial charge in [0.05, 0.1) is 25.1 Å². The van der Waals surface area contributed by atoms with E-state index in [2.05, 4.69) is 16.6 Å². The molecular formula is C14H20N2O3S. The molecule has 1 aromatic rings. The Bertz CT molecular complexity index is 613. The molecule has 0 saturated heterocycles. The second-order valence-electron chi connectivity index (χ2n) is 4.70. The number of hydrogen-bond donors (Lipinski definition) is 2. The van der Waals surface area contributed by atoms with Crippen LogP contribution in [0.15, 0.2) is 18.2 Å². The van der Waals surface area contributed by atoms with Crippen LogP contribution in [-0.4, -0.2) is 27.8 Å². The summed E-state index contributed by atoms with van der Waals surface area (Å²) in [6.07, 6.45) is 0. The average molecular weight is 296 g/mol. The van der Waals surface area contributed by atoms with Gasteiger partial charge in [-0.2, -0.15) is 0 Å². The Kier molecular flexibility index (Phi) is 5.86. The van der Waals surface area contributed by atoms with E-state index < -0.39 is 10.0 Å². The van der Waals surface area contributed by atoms with Crippen molar-refractivity contribution < 1.29 is 13.2 Å². The summed E-state index contributed by atoms with van der Waals surface area (Å²) in [6, 6.07) is 5.06. The number of ether oxygens (including phenoxy) is 1. The summed E-state index contributed by atoms with van der Waals surface area (Å²) < 4.78 is 31.7. The second kappa shape index (κ2) is 7.17. The van der Waals surface area contributed by atoms with Crippen LogP contribution in [0.2, 0.25) is 0 Å². The maximum atomic E-state index is 12.0. The maximum Gasteiger partial charge on any atom is 0.233 e. The zero-order chi connectivity index (χ0) is 15.2. The first kappa shape index (κ1) is 16.3. The van der Waals surface area contributed by atoms with Gasteiger partial charge in [0.2, 0.25) is 10.0 Å². The fourth-order valence-electron chi connectivity index (χ4n) is 1.67. The van der Waals surface area contributed by atoms with Crippen LogP contribution in [-0.2, 0) is 10.0 Å². The zero-order valence-corrected chi connectivity index (χ0v) is 12.8. The summed E-state index contributed by atoms with van der Waals surface area (Å²) in [5.41, 5.74) is 6.38. The van der Waals surface area contributed by atoms with Crippen molar-refractivity contribution in [3.63, 3.8) is 0 Å². The van der Waals surface area contributed by atoms with Crippen molar-refractivity contribution in [3.05, 3.63) is 23.8 Å². The predicted octanol–water partition coefficient (Wildman–Crippen LogP) is 1.40. The minimum atomic E-state index is -3.41. The predicted molar refractivity (Wildman–Crippen MR) is 81.2 cm³/mol. The quantitative estimate of drug-likeness (QED) is 0.805. The van der Waals surface area contributed by atoms with Gasteiger partial charge in [0.1, 0.15) is 5.75 Å². The van der Waals surface area contributed by atoms with E-state index >= 15 is 0 Å². The van der Waals surface area contributed by atoms with Gasteiger partial charge in [-0.1, -0.05) is 25.7 Å². The van der Waals surface area contributed by atoms with Gasteiger partial charge in [-0.05, 0) is 24.1 Å². The fourth-order valence-corrected chi connectivity index (χ4v) is 3.12. The molecule has 1 rings (SSSR count). The Morgan fingerprint density at radius 2 is 2.10 bits per heavy atom. The van der Waals surface area contributed by atoms with E-state index in [1.807, 2.05) is 13.8 Å². The molecule has 0 radical (unpaired) electrons. The van der Waals surface area contributed by atoms with E-state index in [1.165, 1.54) is 7.11 Å². The zero-order valence-electron chi connectivity index (χ0n) is 11.9. The minimum absolute atomic E-state index is 0.0405. The van der Waals surface area contributed by atoms with E-state index in [4.69, 9.17) is 10.5 Å². The lowest BCUT2D eigenvalue weighted by Gasteiger charge is -2.13. The lowest BCUT2D eigenvalue weighted by Crippen LogP contribution is -2.20. The van der Waals surface area contributed by atoms with E-state index in [1.54, 1.807) is 18.2 Å². The molecule has 20 heavy (non-hydrogen) atoms. The third-order valence-electron chi connectivity index (χ3n) is 2.35. The molecule has 0 spiro atoms. The highest BCUT2D eigenvalue weighted by Crippen LogP contribution is 2.26. The molecule has 0 unspecified atom stereocenters. The van der Waals surface area contributed by atoms with E-state index in [9.17, 15) is 8.42 Å². The molecule has 0 atom stereocenters. The molecule has 0 aliphatic rings. The number of nitrogens with two attached hydrogens (primary N) is 1. The number of nitrogens with one attached hydrogen (secondary N) is 1. The standard InChI is InChI=1S/C14H20N2O3S/c1-11(2)10-20(17,18)16-13-9-12(5-4-8-15)6-7-14(13)19-3/h6-7,9,11,16H,8,10,15H2,1-3H3. The van der Waals surface area contributed by atoms with Crippen molar-refractivity contribution in [1.82, 2.24) is 0 Å². The smallest absolute Gasteiger partial charge is 0.233 e. The molecule has 0 aliphatic heterocycles. The summed E-state index contributed by atoms with van der Waals surface area (Å²) in [5.74, 6) is 6.13. The molecule has 0 bridgehead atoms. The maximum absolute atomic E-state index is 12.0. The monoisotopic (exact) mass is 296 g/mol. The molecule has 1 aromatic carbocycles. The van der Waals surface area contributed by atoms with E-state index in [-0.39, 0.29) is 18.2 Å². The highest BCUT2D eigenvalue weighted by atomic mass is 32.2. The Balaban J connectivity index is 3.08. The van der Waals surface area contributed by atoms with Crippen molar-refractivity contribution in [2.24, 2.45) is 11.7 Å². The molecule has 6 heteroatoms. The highest BCUT2D eigenvalue weighted by Gasteiger charge is 2.15. The fraction of sp³-hybridized carbons (Fsp3) is 0.429. The number of rotatable bonds is 5. The molecule has 3 N–H and O–H groups in total. The van der Waals surface area contributed by atoms with Gasteiger partial charge in [0, 0.05) is 5.56 Å². The summed E-state index contributed by atoms with van der Waals surface area (Å²) >= 11 is 0. The van der Waals surface area contributed by atoms with Gasteiger partial charge in [0.15, 0.2) is 0 Å². The van der Waals surface area contributed by atoms with E-state index in [0.29, 0.717) is 17.0 Å². The molecule has 0 aliphatic carbocycles. The lowest BCUT2D eigenvalue weighted by atomic mass is 10.2. The third-order valence-corrected chi connectivity index (χ3v) is 3.99. The summed E-state index contributed by atoms with van der Waals surface area (Å²) in [7, 11) is -1.92. The van der Waals surface area contributed by atoms with Crippen molar-refractivity contribution in [3.8, 4) is 17.6 Å². The first-order chi connectivity index (χ1) is 9.38. The molecule has 0 saturated carbocycles. The first-order valence-corrected chi connectivity index (χ1v) is 7.90. The average Bonchev–Trinajstić information content (AvgIpc) is 2.34. The van der Waals surface area contributed by atoms with Crippen LogP contribution in [0.4, 0.5) is 5.69 Å². The number of benzene rings is 1. The molecular weight excluding hydrogens is 276 g/mol. The van der Waals surface area contributed by atoms with Crippen LogP contribution in [0.5, 0.6) is 5.75 Å². The molecule has 0 heterocycles. The molecule has 0 fully saturated rings. The van der Waals surface area contributed by atoms with Gasteiger partial charge in [0.25, 0.3) is 0 Å². The van der Waals surface area contributed by atoms with Gasteiger partial charge >= 0.3 is 0 Å². The largest absolute Gasteiger partial charge is 0.495 e. The Hall–Kier alpha value is -1.71. The van der Waals surface area contributed by atoms with Gasteiger partial charge in [-0.25, -0.2) is 8.42 Å². The summed E-state index contributed by atoms with van der Waals surface area (Å²) in [4.78, 5) is 0. The molecule has 0 aromatic heterocycles. The van der Waals surface area contributed by atoms with Crippen LogP contribution in [0, 0.1) is 17.8 Å². The van der Waals surface area contributed by atoms with Crippen LogP contribution in [0.3, 0.4) is 0 Å². The summed E-state index contributed by atoms with van der Waals surface area (Å²) in [5, 5.41) is 0. The van der Waals surface area contributed by atoms with Crippen LogP contribution in [0.25, 0.3) is 0 Å². The normalized spacial score (nSPS) is 10.8. The minimum Gasteiger partial charge on any atom is -0.495 e. The number of hydrogen-bond acceptors (Lipinski definition) is 4. The molecule has 110 valence electrons. The Morgan fingerprint density at radius 3 is 2.65 bits per heavy atom. The molecule has 0 amide bonds. The highest BCUT2D eigenvalue weighted by molar-refractivity contribution is 7.92. The Morgan fingerprint density at radius 1 is 1.40 bits per heavy atom. The van der Waals surface area contributed by atoms with Crippen LogP contribution in [0.1, 0.15) is 19.4 Å². The molecule has 5 nitrogen and oxygen atoms in total. The van der Waals surface area contributed by atoms with Crippen molar-refractivity contribution in [2.45, 2.75) is 13.8 Å². The van der Waals surface area contributed by atoms with Crippen molar-refractivity contribution in [1.29, 1.82) is 0 Å². The van der Waals surface area contributed by atoms with E-state index in [0.717, 1.165) is 0 Å². The topological polar surface area (TPSA) is 81.4 Å². The second-order valence-corrected chi connectivity index (χ2v) is 6.47. The number of anilines is 1. The first-order valence-electron chi connectivity index (χ1n) is 6.25. The van der Waals surface area contributed by atoms with Gasteiger partial charge < -0.3 is 10.5 Å². The number of sulfonamides is 1. The van der Waals surface area contributed by atoms with Crippen LogP contribution >= 0.6 is 0 Å². The third kappa shape index (κ3) is 5.11. The summed E-state index contributed by atoms with van der Waals surface area (Å²) in [6.45, 7) is 3.94. The SMILES string of the molecule is COc1ccc(C#CCN)cc1NS(=O)(=O)CC(C)C. The van der Waals surface area contributed by atoms with Crippen molar-refractivity contribution in [2.75, 3.05) is 24.1 Å². The number of methoxy groups -OCH3 is 1.